The van der Waals surface area contributed by atoms with Crippen molar-refractivity contribution in [2.24, 2.45) is 5.92 Å². The van der Waals surface area contributed by atoms with E-state index in [4.69, 9.17) is 37.9 Å². The molecule has 0 spiro atoms. The molecule has 10 heteroatoms. The monoisotopic (exact) mass is 530 g/mol. The highest BCUT2D eigenvalue weighted by Crippen LogP contribution is 2.55. The molecule has 1 aliphatic carbocycles. The standard InChI is InChI=1S/C28H34O10/c1-15(29)37-13-19-9-17-11-21(31-3)25(33-5)27(35-7)23(17)24-18(10-20(19)14-38-16(2)30)12-22(32-4)26(34-6)28(24)36-8/h9,11-12,20H,10,13-14H2,1-8H3/b19-9-/t20-/m1/s1. The van der Waals surface area contributed by atoms with Gasteiger partial charge in [-0.2, -0.15) is 0 Å². The van der Waals surface area contributed by atoms with Crippen LogP contribution in [0.5, 0.6) is 34.5 Å². The zero-order valence-electron chi connectivity index (χ0n) is 23.0. The van der Waals surface area contributed by atoms with Crippen LogP contribution in [0.15, 0.2) is 17.7 Å². The first-order chi connectivity index (χ1) is 18.2. The molecule has 0 aliphatic heterocycles. The first kappa shape index (κ1) is 28.5. The molecule has 3 rings (SSSR count). The Hall–Kier alpha value is -4.08. The summed E-state index contributed by atoms with van der Waals surface area (Å²) < 4.78 is 45.2. The second-order valence-corrected chi connectivity index (χ2v) is 8.49. The van der Waals surface area contributed by atoms with Gasteiger partial charge in [-0.25, -0.2) is 0 Å². The van der Waals surface area contributed by atoms with Crippen molar-refractivity contribution in [3.05, 3.63) is 28.8 Å². The molecular formula is C28H34O10. The van der Waals surface area contributed by atoms with Crippen LogP contribution in [0.25, 0.3) is 17.2 Å². The highest BCUT2D eigenvalue weighted by atomic mass is 16.5. The van der Waals surface area contributed by atoms with E-state index in [1.54, 1.807) is 13.2 Å². The highest BCUT2D eigenvalue weighted by Gasteiger charge is 2.33. The average Bonchev–Trinajstić information content (AvgIpc) is 2.90. The number of hydrogen-bond donors (Lipinski definition) is 0. The molecule has 0 aromatic heterocycles. The smallest absolute Gasteiger partial charge is 0.302 e. The SMILES string of the molecule is COc1cc2c(c(OC)c1OC)-c1c(cc(OC)c(OC)c1OC)C[C@H](COC(C)=O)/C(COC(C)=O)=C\2. The van der Waals surface area contributed by atoms with Gasteiger partial charge in [0.2, 0.25) is 11.5 Å². The Morgan fingerprint density at radius 1 is 0.711 bits per heavy atom. The van der Waals surface area contributed by atoms with Crippen LogP contribution in [0.4, 0.5) is 0 Å². The first-order valence-electron chi connectivity index (χ1n) is 11.9. The Kier molecular flexibility index (Phi) is 9.33. The van der Waals surface area contributed by atoms with E-state index < -0.39 is 11.9 Å². The molecule has 2 aromatic carbocycles. The van der Waals surface area contributed by atoms with Gasteiger partial charge in [-0.1, -0.05) is 6.08 Å². The van der Waals surface area contributed by atoms with E-state index in [1.165, 1.54) is 49.4 Å². The summed E-state index contributed by atoms with van der Waals surface area (Å²) in [6.07, 6.45) is 2.28. The largest absolute Gasteiger partial charge is 0.493 e. The molecule has 10 nitrogen and oxygen atoms in total. The predicted octanol–water partition coefficient (Wildman–Crippen LogP) is 4.09. The van der Waals surface area contributed by atoms with Gasteiger partial charge in [-0.05, 0) is 35.3 Å². The Morgan fingerprint density at radius 3 is 1.74 bits per heavy atom. The van der Waals surface area contributed by atoms with Crippen LogP contribution in [-0.4, -0.2) is 67.8 Å². The van der Waals surface area contributed by atoms with Gasteiger partial charge in [0.1, 0.15) is 6.61 Å². The highest BCUT2D eigenvalue weighted by molar-refractivity contribution is 5.92. The predicted molar refractivity (Wildman–Crippen MR) is 140 cm³/mol. The molecule has 0 saturated heterocycles. The minimum Gasteiger partial charge on any atom is -0.493 e. The lowest BCUT2D eigenvalue weighted by molar-refractivity contribution is -0.143. The lowest BCUT2D eigenvalue weighted by atomic mass is 9.81. The Morgan fingerprint density at radius 2 is 1.24 bits per heavy atom. The molecule has 0 saturated carbocycles. The van der Waals surface area contributed by atoms with E-state index >= 15 is 0 Å². The van der Waals surface area contributed by atoms with Crippen molar-refractivity contribution in [3.63, 3.8) is 0 Å². The fourth-order valence-corrected chi connectivity index (χ4v) is 4.63. The quantitative estimate of drug-likeness (QED) is 0.417. The van der Waals surface area contributed by atoms with Crippen LogP contribution in [0, 0.1) is 5.92 Å². The summed E-state index contributed by atoms with van der Waals surface area (Å²) in [5, 5.41) is 0. The maximum Gasteiger partial charge on any atom is 0.302 e. The first-order valence-corrected chi connectivity index (χ1v) is 11.9. The third-order valence-corrected chi connectivity index (χ3v) is 6.28. The van der Waals surface area contributed by atoms with Gasteiger partial charge in [0, 0.05) is 30.9 Å². The van der Waals surface area contributed by atoms with Gasteiger partial charge < -0.3 is 37.9 Å². The average molecular weight is 531 g/mol. The summed E-state index contributed by atoms with van der Waals surface area (Å²) in [6.45, 7) is 2.75. The van der Waals surface area contributed by atoms with E-state index in [1.807, 2.05) is 12.1 Å². The third kappa shape index (κ3) is 5.58. The number of fused-ring (bicyclic) bond motifs is 3. The fourth-order valence-electron chi connectivity index (χ4n) is 4.63. The van der Waals surface area contributed by atoms with Crippen LogP contribution >= 0.6 is 0 Å². The zero-order chi connectivity index (χ0) is 28.0. The van der Waals surface area contributed by atoms with Crippen LogP contribution in [0.2, 0.25) is 0 Å². The number of esters is 2. The van der Waals surface area contributed by atoms with Crippen molar-refractivity contribution in [3.8, 4) is 45.6 Å². The van der Waals surface area contributed by atoms with Crippen molar-refractivity contribution in [1.82, 2.24) is 0 Å². The number of rotatable bonds is 10. The molecule has 0 amide bonds. The molecule has 0 unspecified atom stereocenters. The topological polar surface area (TPSA) is 108 Å². The zero-order valence-corrected chi connectivity index (χ0v) is 23.0. The van der Waals surface area contributed by atoms with Gasteiger partial charge in [0.05, 0.1) is 49.3 Å². The van der Waals surface area contributed by atoms with Crippen LogP contribution < -0.4 is 28.4 Å². The number of methoxy groups -OCH3 is 6. The Labute approximate surface area is 222 Å². The minimum atomic E-state index is -0.433. The molecule has 1 aliphatic rings. The van der Waals surface area contributed by atoms with Crippen molar-refractivity contribution >= 4 is 18.0 Å². The summed E-state index contributed by atoms with van der Waals surface area (Å²) in [4.78, 5) is 23.5. The molecule has 0 fully saturated rings. The number of hydrogen-bond acceptors (Lipinski definition) is 10. The molecule has 0 N–H and O–H groups in total. The molecule has 38 heavy (non-hydrogen) atoms. The maximum absolute atomic E-state index is 11.7. The van der Waals surface area contributed by atoms with Gasteiger partial charge >= 0.3 is 11.9 Å². The maximum atomic E-state index is 11.7. The van der Waals surface area contributed by atoms with Gasteiger partial charge in [-0.15, -0.1) is 0 Å². The van der Waals surface area contributed by atoms with E-state index in [-0.39, 0.29) is 19.1 Å². The summed E-state index contributed by atoms with van der Waals surface area (Å²) in [5.74, 6) is 1.33. The normalized spacial score (nSPS) is 15.4. The third-order valence-electron chi connectivity index (χ3n) is 6.28. The molecule has 206 valence electrons. The molecular weight excluding hydrogens is 496 g/mol. The summed E-state index contributed by atoms with van der Waals surface area (Å²) >= 11 is 0. The van der Waals surface area contributed by atoms with Crippen molar-refractivity contribution in [1.29, 1.82) is 0 Å². The van der Waals surface area contributed by atoms with Crippen LogP contribution in [0.1, 0.15) is 25.0 Å². The number of benzene rings is 2. The van der Waals surface area contributed by atoms with Gasteiger partial charge in [-0.3, -0.25) is 9.59 Å². The second-order valence-electron chi connectivity index (χ2n) is 8.49. The molecule has 1 atom stereocenters. The summed E-state index contributed by atoms with van der Waals surface area (Å²) in [7, 11) is 9.21. The number of carbonyl (C=O) groups is 2. The molecule has 0 heterocycles. The van der Waals surface area contributed by atoms with Gasteiger partial charge in [0.15, 0.2) is 23.0 Å². The molecule has 0 bridgehead atoms. The fraction of sp³-hybridized carbons (Fsp3) is 0.429. The van der Waals surface area contributed by atoms with Crippen molar-refractivity contribution < 1.29 is 47.5 Å². The summed E-state index contributed by atoms with van der Waals surface area (Å²) in [5.41, 5.74) is 3.56. The minimum absolute atomic E-state index is 0.00285. The van der Waals surface area contributed by atoms with Crippen molar-refractivity contribution in [2.75, 3.05) is 55.9 Å². The lowest BCUT2D eigenvalue weighted by Gasteiger charge is -2.29. The number of ether oxygens (including phenoxy) is 8. The molecule has 2 aromatic rings. The summed E-state index contributed by atoms with van der Waals surface area (Å²) in [6, 6.07) is 3.66. The Bertz CT molecular complexity index is 1230. The van der Waals surface area contributed by atoms with Crippen molar-refractivity contribution in [2.45, 2.75) is 20.3 Å². The van der Waals surface area contributed by atoms with E-state index in [0.717, 1.165) is 11.1 Å². The van der Waals surface area contributed by atoms with E-state index in [0.29, 0.717) is 57.6 Å². The Balaban J connectivity index is 2.50. The number of carbonyl (C=O) groups excluding carboxylic acids is 2. The van der Waals surface area contributed by atoms with Gasteiger partial charge in [0.25, 0.3) is 0 Å². The molecule has 0 radical (unpaired) electrons. The van der Waals surface area contributed by atoms with E-state index in [9.17, 15) is 9.59 Å². The van der Waals surface area contributed by atoms with E-state index in [2.05, 4.69) is 0 Å². The lowest BCUT2D eigenvalue weighted by Crippen LogP contribution is -2.22. The van der Waals surface area contributed by atoms with Crippen LogP contribution in [0.3, 0.4) is 0 Å². The van der Waals surface area contributed by atoms with Crippen LogP contribution in [-0.2, 0) is 25.5 Å². The second kappa shape index (κ2) is 12.4.